The maximum absolute atomic E-state index is 12.6. The van der Waals surface area contributed by atoms with Crippen molar-refractivity contribution in [1.82, 2.24) is 15.6 Å². The molecule has 2 heterocycles. The van der Waals surface area contributed by atoms with Crippen molar-refractivity contribution < 1.29 is 9.53 Å². The molecule has 2 atom stereocenters. The summed E-state index contributed by atoms with van der Waals surface area (Å²) in [6.07, 6.45) is 9.69. The Kier molecular flexibility index (Phi) is 6.70. The van der Waals surface area contributed by atoms with Crippen LogP contribution in [0.2, 0.25) is 0 Å². The van der Waals surface area contributed by atoms with Crippen molar-refractivity contribution in [2.75, 3.05) is 17.7 Å². The van der Waals surface area contributed by atoms with E-state index in [-0.39, 0.29) is 5.91 Å². The lowest BCUT2D eigenvalue weighted by molar-refractivity contribution is -0.126. The zero-order valence-corrected chi connectivity index (χ0v) is 17.6. The number of allylic oxidation sites excluding steroid dienone is 1. The molecule has 2 aliphatic rings. The van der Waals surface area contributed by atoms with Gasteiger partial charge in [-0.2, -0.15) is 5.10 Å². The van der Waals surface area contributed by atoms with E-state index in [4.69, 9.17) is 4.74 Å². The van der Waals surface area contributed by atoms with Crippen LogP contribution in [0.1, 0.15) is 37.4 Å². The molecule has 1 saturated carbocycles. The summed E-state index contributed by atoms with van der Waals surface area (Å²) < 4.78 is 5.37. The van der Waals surface area contributed by atoms with E-state index in [0.717, 1.165) is 36.4 Å². The zero-order valence-electron chi connectivity index (χ0n) is 16.8. The SMILES string of the molecule is COC(C(=O)Nc1nnc(NC2CCC([C@H]3C=CC=NN3)CC2)s1)c1ccccc1. The number of nitrogens with zero attached hydrogens (tertiary/aromatic N) is 3. The number of methoxy groups -OCH3 is 1. The Morgan fingerprint density at radius 1 is 1.17 bits per heavy atom. The van der Waals surface area contributed by atoms with E-state index >= 15 is 0 Å². The molecule has 30 heavy (non-hydrogen) atoms. The number of carbonyl (C=O) groups is 1. The normalized spacial score (nSPS) is 24.1. The molecule has 0 bridgehead atoms. The van der Waals surface area contributed by atoms with Crippen molar-refractivity contribution in [2.45, 2.75) is 43.9 Å². The van der Waals surface area contributed by atoms with E-state index in [1.807, 2.05) is 36.4 Å². The van der Waals surface area contributed by atoms with Crippen LogP contribution in [0.25, 0.3) is 0 Å². The minimum Gasteiger partial charge on any atom is -0.367 e. The summed E-state index contributed by atoms with van der Waals surface area (Å²) in [5.74, 6) is 0.340. The molecule has 1 aliphatic heterocycles. The molecule has 158 valence electrons. The van der Waals surface area contributed by atoms with Gasteiger partial charge in [0.2, 0.25) is 10.3 Å². The van der Waals surface area contributed by atoms with Crippen LogP contribution < -0.4 is 16.1 Å². The van der Waals surface area contributed by atoms with Gasteiger partial charge >= 0.3 is 0 Å². The standard InChI is InChI=1S/C21H26N6O2S/c1-29-18(15-6-3-2-4-7-15)19(28)24-21-27-26-20(30-21)23-16-11-9-14(10-12-16)17-8-5-13-22-25-17/h2-8,13-14,16-18,25H,9-12H2,1H3,(H,23,26)(H,24,27,28)/t14?,16?,17-,18?/m1/s1. The molecule has 1 aliphatic carbocycles. The number of amides is 1. The summed E-state index contributed by atoms with van der Waals surface area (Å²) in [7, 11) is 1.52. The number of hydrazone groups is 1. The molecule has 1 fully saturated rings. The van der Waals surface area contributed by atoms with E-state index in [0.29, 0.717) is 23.1 Å². The molecule has 1 unspecified atom stereocenters. The van der Waals surface area contributed by atoms with Gasteiger partial charge in [-0.15, -0.1) is 10.2 Å². The minimum absolute atomic E-state index is 0.261. The largest absolute Gasteiger partial charge is 0.367 e. The summed E-state index contributed by atoms with van der Waals surface area (Å²) in [6.45, 7) is 0. The van der Waals surface area contributed by atoms with Crippen LogP contribution in [0.15, 0.2) is 47.6 Å². The van der Waals surface area contributed by atoms with E-state index in [1.54, 1.807) is 6.21 Å². The molecular formula is C21H26N6O2S. The van der Waals surface area contributed by atoms with E-state index in [1.165, 1.54) is 18.4 Å². The Hall–Kier alpha value is -2.78. The Balaban J connectivity index is 1.28. The van der Waals surface area contributed by atoms with Crippen molar-refractivity contribution in [3.8, 4) is 0 Å². The van der Waals surface area contributed by atoms with Gasteiger partial charge in [-0.1, -0.05) is 47.7 Å². The van der Waals surface area contributed by atoms with E-state index in [2.05, 4.69) is 37.4 Å². The van der Waals surface area contributed by atoms with Crippen LogP contribution in [0.5, 0.6) is 0 Å². The number of carbonyl (C=O) groups excluding carboxylic acids is 1. The van der Waals surface area contributed by atoms with Crippen LogP contribution >= 0.6 is 11.3 Å². The number of aromatic nitrogens is 2. The molecule has 4 rings (SSSR count). The molecule has 0 spiro atoms. The molecule has 2 aromatic rings. The van der Waals surface area contributed by atoms with Crippen molar-refractivity contribution in [3.63, 3.8) is 0 Å². The molecule has 1 amide bonds. The average Bonchev–Trinajstić information content (AvgIpc) is 3.23. The summed E-state index contributed by atoms with van der Waals surface area (Å²) in [5.41, 5.74) is 3.99. The molecule has 1 aromatic carbocycles. The van der Waals surface area contributed by atoms with Gasteiger partial charge in [0.25, 0.3) is 5.91 Å². The van der Waals surface area contributed by atoms with Gasteiger partial charge in [-0.05, 0) is 43.2 Å². The maximum Gasteiger partial charge on any atom is 0.259 e. The lowest BCUT2D eigenvalue weighted by Crippen LogP contribution is -2.37. The van der Waals surface area contributed by atoms with E-state index < -0.39 is 6.10 Å². The quantitative estimate of drug-likeness (QED) is 0.628. The highest BCUT2D eigenvalue weighted by Gasteiger charge is 2.27. The first-order valence-corrected chi connectivity index (χ1v) is 11.0. The van der Waals surface area contributed by atoms with Crippen LogP contribution in [-0.2, 0) is 9.53 Å². The Morgan fingerprint density at radius 3 is 2.63 bits per heavy atom. The lowest BCUT2D eigenvalue weighted by Gasteiger charge is -2.33. The fourth-order valence-electron chi connectivity index (χ4n) is 3.97. The number of hydrogen-bond donors (Lipinski definition) is 3. The Labute approximate surface area is 179 Å². The predicted molar refractivity (Wildman–Crippen MR) is 119 cm³/mol. The monoisotopic (exact) mass is 426 g/mol. The first-order valence-electron chi connectivity index (χ1n) is 10.2. The van der Waals surface area contributed by atoms with Crippen LogP contribution in [0.4, 0.5) is 10.3 Å². The second-order valence-corrected chi connectivity index (χ2v) is 8.48. The van der Waals surface area contributed by atoms with Gasteiger partial charge in [0, 0.05) is 19.4 Å². The number of benzene rings is 1. The summed E-state index contributed by atoms with van der Waals surface area (Å²) in [4.78, 5) is 12.6. The smallest absolute Gasteiger partial charge is 0.259 e. The second-order valence-electron chi connectivity index (χ2n) is 7.50. The molecule has 0 saturated heterocycles. The third-order valence-electron chi connectivity index (χ3n) is 5.54. The third-order valence-corrected chi connectivity index (χ3v) is 6.31. The van der Waals surface area contributed by atoms with E-state index in [9.17, 15) is 4.79 Å². The van der Waals surface area contributed by atoms with Gasteiger partial charge in [0.1, 0.15) is 0 Å². The number of rotatable bonds is 7. The molecule has 9 heteroatoms. The highest BCUT2D eigenvalue weighted by Crippen LogP contribution is 2.31. The van der Waals surface area contributed by atoms with Gasteiger partial charge in [-0.25, -0.2) is 0 Å². The van der Waals surface area contributed by atoms with Crippen LogP contribution in [0, 0.1) is 5.92 Å². The van der Waals surface area contributed by atoms with Crippen LogP contribution in [0.3, 0.4) is 0 Å². The van der Waals surface area contributed by atoms with Gasteiger partial charge in [0.15, 0.2) is 6.10 Å². The summed E-state index contributed by atoms with van der Waals surface area (Å²) >= 11 is 1.34. The highest BCUT2D eigenvalue weighted by atomic mass is 32.1. The first-order chi connectivity index (χ1) is 14.7. The minimum atomic E-state index is -0.687. The van der Waals surface area contributed by atoms with Gasteiger partial charge < -0.3 is 15.5 Å². The Bertz CT molecular complexity index is 892. The summed E-state index contributed by atoms with van der Waals surface area (Å²) in [6, 6.07) is 10.1. The topological polar surface area (TPSA) is 101 Å². The van der Waals surface area contributed by atoms with Crippen LogP contribution in [-0.4, -0.2) is 41.5 Å². The lowest BCUT2D eigenvalue weighted by atomic mass is 9.81. The average molecular weight is 427 g/mol. The molecule has 8 nitrogen and oxygen atoms in total. The Morgan fingerprint density at radius 2 is 1.93 bits per heavy atom. The predicted octanol–water partition coefficient (Wildman–Crippen LogP) is 3.35. The first kappa shape index (κ1) is 20.5. The number of nitrogens with one attached hydrogen (secondary N) is 3. The fourth-order valence-corrected chi connectivity index (χ4v) is 4.69. The molecule has 3 N–H and O–H groups in total. The number of ether oxygens (including phenoxy) is 1. The highest BCUT2D eigenvalue weighted by molar-refractivity contribution is 7.19. The maximum atomic E-state index is 12.6. The molecule has 1 aromatic heterocycles. The molecular weight excluding hydrogens is 400 g/mol. The van der Waals surface area contributed by atoms with Gasteiger partial charge in [-0.3, -0.25) is 10.1 Å². The van der Waals surface area contributed by atoms with Crippen molar-refractivity contribution in [1.29, 1.82) is 0 Å². The van der Waals surface area contributed by atoms with Crippen molar-refractivity contribution in [2.24, 2.45) is 11.0 Å². The van der Waals surface area contributed by atoms with Crippen molar-refractivity contribution >= 4 is 33.7 Å². The fraction of sp³-hybridized carbons (Fsp3) is 0.429. The zero-order chi connectivity index (χ0) is 20.8. The number of hydrogen-bond acceptors (Lipinski definition) is 8. The second kappa shape index (κ2) is 9.82. The number of anilines is 2. The summed E-state index contributed by atoms with van der Waals surface area (Å²) in [5, 5.41) is 19.9. The van der Waals surface area contributed by atoms with Crippen molar-refractivity contribution in [3.05, 3.63) is 48.0 Å². The van der Waals surface area contributed by atoms with Gasteiger partial charge in [0.05, 0.1) is 6.04 Å². The molecule has 0 radical (unpaired) electrons. The third kappa shape index (κ3) is 5.03.